The number of nitrogens with zero attached hydrogens (tertiary/aromatic N) is 3. The number of carbonyl (C=O) groups is 1. The Morgan fingerprint density at radius 2 is 1.94 bits per heavy atom. The summed E-state index contributed by atoms with van der Waals surface area (Å²) in [7, 11) is 2.14. The molecule has 3 aliphatic rings. The molecule has 1 saturated heterocycles. The highest BCUT2D eigenvalue weighted by Crippen LogP contribution is 2.54. The monoisotopic (exact) mass is 477 g/mol. The third kappa shape index (κ3) is 3.89. The molecule has 1 amide bonds. The second kappa shape index (κ2) is 8.45. The maximum atomic E-state index is 14.2. The van der Waals surface area contributed by atoms with Crippen molar-refractivity contribution in [1.29, 1.82) is 0 Å². The lowest BCUT2D eigenvalue weighted by molar-refractivity contribution is -0.123. The number of carbonyl (C=O) groups excluding carboxylic acids is 1. The molecule has 1 aromatic heterocycles. The third-order valence-corrected chi connectivity index (χ3v) is 7.90. The van der Waals surface area contributed by atoms with Gasteiger partial charge in [0.2, 0.25) is 5.91 Å². The van der Waals surface area contributed by atoms with Gasteiger partial charge in [-0.1, -0.05) is 12.5 Å². The van der Waals surface area contributed by atoms with Crippen LogP contribution < -0.4 is 10.6 Å². The molecule has 0 unspecified atom stereocenters. The normalized spacial score (nSPS) is 19.5. The van der Waals surface area contributed by atoms with Gasteiger partial charge in [-0.3, -0.25) is 9.48 Å². The minimum Gasteiger partial charge on any atom is -0.381 e. The number of rotatable bonds is 5. The predicted molar refractivity (Wildman–Crippen MR) is 131 cm³/mol. The van der Waals surface area contributed by atoms with Crippen molar-refractivity contribution in [3.8, 4) is 11.3 Å². The summed E-state index contributed by atoms with van der Waals surface area (Å²) in [6, 6.07) is 10.0. The van der Waals surface area contributed by atoms with Crippen LogP contribution in [0, 0.1) is 11.6 Å². The minimum absolute atomic E-state index is 0.0969. The number of amides is 1. The van der Waals surface area contributed by atoms with Crippen LogP contribution in [0.15, 0.2) is 42.6 Å². The van der Waals surface area contributed by atoms with Crippen LogP contribution in [0.2, 0.25) is 0 Å². The van der Waals surface area contributed by atoms with E-state index < -0.39 is 17.0 Å². The van der Waals surface area contributed by atoms with Gasteiger partial charge in [-0.15, -0.1) is 0 Å². The summed E-state index contributed by atoms with van der Waals surface area (Å²) in [4.78, 5) is 15.3. The van der Waals surface area contributed by atoms with Crippen LogP contribution in [0.25, 0.3) is 11.3 Å². The quantitative estimate of drug-likeness (QED) is 0.557. The van der Waals surface area contributed by atoms with Crippen LogP contribution in [0.5, 0.6) is 0 Å². The average molecular weight is 478 g/mol. The number of anilines is 2. The zero-order valence-corrected chi connectivity index (χ0v) is 19.8. The summed E-state index contributed by atoms with van der Waals surface area (Å²) in [6.07, 6.45) is 6.67. The van der Waals surface area contributed by atoms with Crippen LogP contribution in [0.3, 0.4) is 0 Å². The third-order valence-electron chi connectivity index (χ3n) is 7.90. The van der Waals surface area contributed by atoms with E-state index in [1.807, 2.05) is 6.07 Å². The molecule has 0 radical (unpaired) electrons. The summed E-state index contributed by atoms with van der Waals surface area (Å²) in [5, 5.41) is 11.6. The molecule has 6 rings (SSSR count). The lowest BCUT2D eigenvalue weighted by Crippen LogP contribution is -2.40. The number of nitrogens with one attached hydrogen (secondary N) is 2. The van der Waals surface area contributed by atoms with Crippen molar-refractivity contribution in [3.05, 3.63) is 65.4 Å². The fourth-order valence-electron chi connectivity index (χ4n) is 5.60. The molecule has 182 valence electrons. The SMILES string of the molecule is CN1CCC(Nc2cc(-c3ccn(Cc4ccc(F)cc4F)n3)cc3c2NC(=O)C32CCC2)CC1. The van der Waals surface area contributed by atoms with E-state index in [1.165, 1.54) is 12.1 Å². The van der Waals surface area contributed by atoms with Crippen molar-refractivity contribution < 1.29 is 13.6 Å². The van der Waals surface area contributed by atoms with E-state index in [1.54, 1.807) is 10.9 Å². The van der Waals surface area contributed by atoms with Gasteiger partial charge in [-0.05, 0) is 75.6 Å². The molecule has 1 spiro atoms. The van der Waals surface area contributed by atoms with E-state index in [9.17, 15) is 13.6 Å². The summed E-state index contributed by atoms with van der Waals surface area (Å²) in [5.74, 6) is -1.08. The van der Waals surface area contributed by atoms with E-state index in [4.69, 9.17) is 0 Å². The first-order valence-corrected chi connectivity index (χ1v) is 12.3. The Kier molecular flexibility index (Phi) is 5.36. The number of hydrogen-bond acceptors (Lipinski definition) is 4. The van der Waals surface area contributed by atoms with Gasteiger partial charge in [0.25, 0.3) is 0 Å². The fourth-order valence-corrected chi connectivity index (χ4v) is 5.60. The Morgan fingerprint density at radius 3 is 2.66 bits per heavy atom. The zero-order chi connectivity index (χ0) is 24.2. The zero-order valence-electron chi connectivity index (χ0n) is 19.8. The van der Waals surface area contributed by atoms with Crippen molar-refractivity contribution in [1.82, 2.24) is 14.7 Å². The smallest absolute Gasteiger partial charge is 0.235 e. The van der Waals surface area contributed by atoms with Crippen molar-refractivity contribution in [2.24, 2.45) is 0 Å². The topological polar surface area (TPSA) is 62.2 Å². The molecule has 2 aromatic carbocycles. The average Bonchev–Trinajstić information content (AvgIpc) is 3.39. The van der Waals surface area contributed by atoms with Gasteiger partial charge in [-0.2, -0.15) is 5.10 Å². The molecule has 2 aliphatic heterocycles. The number of halogens is 2. The molecule has 35 heavy (non-hydrogen) atoms. The minimum atomic E-state index is -0.594. The Balaban J connectivity index is 1.34. The van der Waals surface area contributed by atoms with Crippen molar-refractivity contribution >= 4 is 17.3 Å². The molecule has 0 bridgehead atoms. The van der Waals surface area contributed by atoms with E-state index >= 15 is 0 Å². The molecular weight excluding hydrogens is 448 g/mol. The van der Waals surface area contributed by atoms with E-state index in [2.05, 4.69) is 39.8 Å². The Morgan fingerprint density at radius 1 is 1.14 bits per heavy atom. The first-order valence-electron chi connectivity index (χ1n) is 12.3. The lowest BCUT2D eigenvalue weighted by Gasteiger charge is -2.36. The van der Waals surface area contributed by atoms with Gasteiger partial charge < -0.3 is 15.5 Å². The predicted octanol–water partition coefficient (Wildman–Crippen LogP) is 4.76. The van der Waals surface area contributed by atoms with Crippen molar-refractivity contribution in [2.45, 2.75) is 50.1 Å². The highest BCUT2D eigenvalue weighted by molar-refractivity contribution is 6.10. The highest BCUT2D eigenvalue weighted by Gasteiger charge is 2.52. The van der Waals surface area contributed by atoms with Crippen LogP contribution in [-0.2, 0) is 16.8 Å². The van der Waals surface area contributed by atoms with Crippen LogP contribution >= 0.6 is 0 Å². The molecule has 3 heterocycles. The Bertz CT molecular complexity index is 1290. The second-order valence-electron chi connectivity index (χ2n) is 10.2. The molecule has 1 aliphatic carbocycles. The number of aromatic nitrogens is 2. The number of likely N-dealkylation sites (tertiary alicyclic amines) is 1. The van der Waals surface area contributed by atoms with Crippen LogP contribution in [-0.4, -0.2) is 46.8 Å². The molecule has 3 aromatic rings. The van der Waals surface area contributed by atoms with Gasteiger partial charge in [0.05, 0.1) is 29.0 Å². The molecule has 0 atom stereocenters. The lowest BCUT2D eigenvalue weighted by atomic mass is 9.65. The Labute approximate surface area is 203 Å². The number of hydrogen-bond donors (Lipinski definition) is 2. The number of fused-ring (bicyclic) bond motifs is 2. The largest absolute Gasteiger partial charge is 0.381 e. The molecule has 6 nitrogen and oxygen atoms in total. The molecule has 2 fully saturated rings. The fraction of sp³-hybridized carbons (Fsp3) is 0.407. The molecule has 1 saturated carbocycles. The first-order chi connectivity index (χ1) is 16.9. The van der Waals surface area contributed by atoms with Gasteiger partial charge >= 0.3 is 0 Å². The van der Waals surface area contributed by atoms with Gasteiger partial charge in [0, 0.05) is 29.4 Å². The van der Waals surface area contributed by atoms with E-state index in [0.29, 0.717) is 11.6 Å². The summed E-state index contributed by atoms with van der Waals surface area (Å²) < 4.78 is 29.1. The van der Waals surface area contributed by atoms with Crippen molar-refractivity contribution in [2.75, 3.05) is 30.8 Å². The summed E-state index contributed by atoms with van der Waals surface area (Å²) >= 11 is 0. The van der Waals surface area contributed by atoms with E-state index in [-0.39, 0.29) is 12.5 Å². The first kappa shape index (κ1) is 22.2. The molecule has 2 N–H and O–H groups in total. The van der Waals surface area contributed by atoms with Crippen LogP contribution in [0.1, 0.15) is 43.2 Å². The standard InChI is InChI=1S/C27H29F2N5O/c1-33-10-5-20(6-11-33)30-24-14-18(13-21-25(24)31-26(35)27(21)8-2-9-27)23-7-12-34(32-23)16-17-3-4-19(28)15-22(17)29/h3-4,7,12-15,20,30H,2,5-6,8-11,16H2,1H3,(H,31,35). The van der Waals surface area contributed by atoms with Crippen molar-refractivity contribution in [3.63, 3.8) is 0 Å². The molecule has 8 heteroatoms. The second-order valence-corrected chi connectivity index (χ2v) is 10.2. The maximum Gasteiger partial charge on any atom is 0.235 e. The van der Waals surface area contributed by atoms with Crippen LogP contribution in [0.4, 0.5) is 20.2 Å². The number of benzene rings is 2. The van der Waals surface area contributed by atoms with Gasteiger partial charge in [0.15, 0.2) is 0 Å². The summed E-state index contributed by atoms with van der Waals surface area (Å²) in [5.41, 5.74) is 4.54. The van der Waals surface area contributed by atoms with E-state index in [0.717, 1.165) is 79.5 Å². The maximum absolute atomic E-state index is 14.2. The summed E-state index contributed by atoms with van der Waals surface area (Å²) in [6.45, 7) is 2.29. The highest BCUT2D eigenvalue weighted by atomic mass is 19.1. The number of piperidine rings is 1. The molecular formula is C27H29F2N5O. The van der Waals surface area contributed by atoms with Gasteiger partial charge in [0.1, 0.15) is 11.6 Å². The van der Waals surface area contributed by atoms with Gasteiger partial charge in [-0.25, -0.2) is 8.78 Å². The Hall–Kier alpha value is -3.26.